The van der Waals surface area contributed by atoms with Gasteiger partial charge in [-0.15, -0.1) is 0 Å². The molecule has 12 heteroatoms. The maximum atomic E-state index is 14.2. The Hall–Kier alpha value is -3.04. The highest BCUT2D eigenvalue weighted by Crippen LogP contribution is 2.43. The molecular formula is C24H21F5N2O4S. The molecule has 0 bridgehead atoms. The van der Waals surface area contributed by atoms with Crippen molar-refractivity contribution in [3.63, 3.8) is 0 Å². The van der Waals surface area contributed by atoms with Crippen molar-refractivity contribution >= 4 is 15.7 Å². The van der Waals surface area contributed by atoms with E-state index in [0.29, 0.717) is 25.0 Å². The number of hydrogen-bond donors (Lipinski definition) is 1. The van der Waals surface area contributed by atoms with Crippen LogP contribution in [0.25, 0.3) is 11.1 Å². The van der Waals surface area contributed by atoms with Crippen LogP contribution in [0, 0.1) is 28.9 Å². The summed E-state index contributed by atoms with van der Waals surface area (Å²) in [6, 6.07) is 6.64. The van der Waals surface area contributed by atoms with Crippen LogP contribution in [0.5, 0.6) is 0 Å². The summed E-state index contributed by atoms with van der Waals surface area (Å²) in [7, 11) is -3.34. The topological polar surface area (TPSA) is 96.3 Å². The Morgan fingerprint density at radius 3 is 2.39 bits per heavy atom. The van der Waals surface area contributed by atoms with E-state index >= 15 is 0 Å². The van der Waals surface area contributed by atoms with Crippen molar-refractivity contribution in [2.45, 2.75) is 53.6 Å². The number of nitriles is 1. The minimum Gasteiger partial charge on any atom is -0.381 e. The molecule has 192 valence electrons. The lowest BCUT2D eigenvalue weighted by molar-refractivity contribution is -0.139. The van der Waals surface area contributed by atoms with E-state index in [0.717, 1.165) is 24.3 Å². The van der Waals surface area contributed by atoms with E-state index < -0.39 is 66.8 Å². The summed E-state index contributed by atoms with van der Waals surface area (Å²) in [5.41, 5.74) is -3.09. The molecule has 2 fully saturated rings. The molecule has 0 aromatic heterocycles. The number of sulfone groups is 1. The molecule has 1 N–H and O–H groups in total. The molecule has 2 aliphatic carbocycles. The van der Waals surface area contributed by atoms with Crippen molar-refractivity contribution in [1.82, 2.24) is 5.32 Å². The number of ether oxygens (including phenoxy) is 1. The normalized spacial score (nSPS) is 23.2. The van der Waals surface area contributed by atoms with Crippen LogP contribution in [0.2, 0.25) is 0 Å². The van der Waals surface area contributed by atoms with Crippen LogP contribution in [-0.4, -0.2) is 38.3 Å². The van der Waals surface area contributed by atoms with Gasteiger partial charge in [-0.3, -0.25) is 4.79 Å². The molecule has 0 radical (unpaired) electrons. The van der Waals surface area contributed by atoms with Crippen LogP contribution in [0.1, 0.15) is 31.2 Å². The third-order valence-corrected chi connectivity index (χ3v) is 8.93. The van der Waals surface area contributed by atoms with Crippen molar-refractivity contribution in [1.29, 1.82) is 5.26 Å². The largest absolute Gasteiger partial charge is 0.417 e. The van der Waals surface area contributed by atoms with E-state index in [4.69, 9.17) is 4.74 Å². The Labute approximate surface area is 204 Å². The predicted octanol–water partition coefficient (Wildman–Crippen LogP) is 4.39. The van der Waals surface area contributed by atoms with Crippen LogP contribution in [0.15, 0.2) is 41.3 Å². The molecule has 2 aromatic rings. The molecule has 0 saturated heterocycles. The first-order chi connectivity index (χ1) is 16.8. The summed E-state index contributed by atoms with van der Waals surface area (Å²) in [6.07, 6.45) is -5.58. The fraction of sp³-hybridized carbons (Fsp3) is 0.417. The maximum Gasteiger partial charge on any atom is 0.417 e. The molecular weight excluding hydrogens is 507 g/mol. The first-order valence-corrected chi connectivity index (χ1v) is 12.5. The summed E-state index contributed by atoms with van der Waals surface area (Å²) >= 11 is 0. The number of rotatable bonds is 6. The van der Waals surface area contributed by atoms with E-state index in [1.54, 1.807) is 0 Å². The number of methoxy groups -OCH3 is 1. The lowest BCUT2D eigenvalue weighted by atomic mass is 10.0. The molecule has 2 aromatic carbocycles. The van der Waals surface area contributed by atoms with E-state index in [-0.39, 0.29) is 24.0 Å². The SMILES string of the molecule is COC1CC(S(=O)(=O)c2ccc(-c3ccc(F)cc3F)cc2C(F)(F)F)C[C@H]1C(=O)NC1(C#N)CC1. The number of halogens is 5. The zero-order chi connectivity index (χ0) is 26.5. The molecule has 2 saturated carbocycles. The van der Waals surface area contributed by atoms with Gasteiger partial charge < -0.3 is 10.1 Å². The zero-order valence-corrected chi connectivity index (χ0v) is 19.7. The predicted molar refractivity (Wildman–Crippen MR) is 117 cm³/mol. The van der Waals surface area contributed by atoms with E-state index in [1.807, 2.05) is 6.07 Å². The third kappa shape index (κ3) is 4.82. The lowest BCUT2D eigenvalue weighted by Gasteiger charge is -2.19. The molecule has 3 atom stereocenters. The van der Waals surface area contributed by atoms with E-state index in [1.165, 1.54) is 7.11 Å². The van der Waals surface area contributed by atoms with Gasteiger partial charge in [0, 0.05) is 18.7 Å². The average Bonchev–Trinajstić information content (AvgIpc) is 3.43. The van der Waals surface area contributed by atoms with Gasteiger partial charge in [0.25, 0.3) is 0 Å². The quantitative estimate of drug-likeness (QED) is 0.561. The highest BCUT2D eigenvalue weighted by Gasteiger charge is 2.51. The van der Waals surface area contributed by atoms with Crippen molar-refractivity contribution in [3.05, 3.63) is 53.6 Å². The Bertz CT molecular complexity index is 1350. The number of carbonyl (C=O) groups excluding carboxylic acids is 1. The Morgan fingerprint density at radius 2 is 1.83 bits per heavy atom. The van der Waals surface area contributed by atoms with Crippen LogP contribution < -0.4 is 5.32 Å². The fourth-order valence-corrected chi connectivity index (χ4v) is 6.53. The van der Waals surface area contributed by atoms with Gasteiger partial charge >= 0.3 is 6.18 Å². The number of alkyl halides is 3. The Balaban J connectivity index is 1.68. The van der Waals surface area contributed by atoms with Gasteiger partial charge in [-0.25, -0.2) is 17.2 Å². The molecule has 0 heterocycles. The molecule has 1 amide bonds. The number of benzene rings is 2. The lowest BCUT2D eigenvalue weighted by Crippen LogP contribution is -2.42. The van der Waals surface area contributed by atoms with Gasteiger partial charge in [0.05, 0.1) is 33.8 Å². The third-order valence-electron chi connectivity index (χ3n) is 6.70. The van der Waals surface area contributed by atoms with Gasteiger partial charge in [-0.2, -0.15) is 18.4 Å². The Kier molecular flexibility index (Phi) is 6.59. The minimum absolute atomic E-state index is 0.220. The molecule has 0 spiro atoms. The number of hydrogen-bond acceptors (Lipinski definition) is 5. The number of amides is 1. The first kappa shape index (κ1) is 26.0. The van der Waals surface area contributed by atoms with Crippen molar-refractivity contribution in [2.75, 3.05) is 7.11 Å². The molecule has 2 unspecified atom stereocenters. The maximum absolute atomic E-state index is 14.2. The second kappa shape index (κ2) is 9.12. The molecule has 0 aliphatic heterocycles. The van der Waals surface area contributed by atoms with Gasteiger partial charge in [0.1, 0.15) is 17.2 Å². The smallest absolute Gasteiger partial charge is 0.381 e. The van der Waals surface area contributed by atoms with E-state index in [9.17, 15) is 40.4 Å². The summed E-state index contributed by atoms with van der Waals surface area (Å²) in [4.78, 5) is 11.7. The van der Waals surface area contributed by atoms with Crippen molar-refractivity contribution < 1.29 is 39.9 Å². The molecule has 6 nitrogen and oxygen atoms in total. The molecule has 4 rings (SSSR count). The number of nitrogens with zero attached hydrogens (tertiary/aromatic N) is 1. The minimum atomic E-state index is -5.10. The van der Waals surface area contributed by atoms with Crippen LogP contribution >= 0.6 is 0 Å². The number of nitrogens with one attached hydrogen (secondary N) is 1. The van der Waals surface area contributed by atoms with Gasteiger partial charge in [0.2, 0.25) is 5.91 Å². The highest BCUT2D eigenvalue weighted by atomic mass is 32.2. The summed E-state index contributed by atoms with van der Waals surface area (Å²) in [5, 5.41) is 10.4. The number of carbonyl (C=O) groups is 1. The first-order valence-electron chi connectivity index (χ1n) is 11.0. The fourth-order valence-electron chi connectivity index (χ4n) is 4.53. The molecule has 36 heavy (non-hydrogen) atoms. The standard InChI is InChI=1S/C24H21F5N2O4S/c1-35-20-11-15(10-17(20)22(32)31-23(12-30)6-7-23)36(33,34)21-5-2-13(8-18(21)24(27,28)29)16-4-3-14(25)9-19(16)26/h2-5,8-9,15,17,20H,6-7,10-11H2,1H3,(H,31,32)/t15?,17-,20?/m1/s1. The van der Waals surface area contributed by atoms with Crippen molar-refractivity contribution in [3.8, 4) is 17.2 Å². The Morgan fingerprint density at radius 1 is 1.14 bits per heavy atom. The zero-order valence-electron chi connectivity index (χ0n) is 18.9. The van der Waals surface area contributed by atoms with Crippen LogP contribution in [-0.2, 0) is 25.5 Å². The molecule has 2 aliphatic rings. The van der Waals surface area contributed by atoms with Crippen molar-refractivity contribution in [2.24, 2.45) is 5.92 Å². The summed E-state index contributed by atoms with van der Waals surface area (Å²) < 4.78 is 101. The highest BCUT2D eigenvalue weighted by molar-refractivity contribution is 7.92. The van der Waals surface area contributed by atoms with Gasteiger partial charge in [-0.1, -0.05) is 6.07 Å². The van der Waals surface area contributed by atoms with Crippen LogP contribution in [0.3, 0.4) is 0 Å². The average molecular weight is 528 g/mol. The van der Waals surface area contributed by atoms with Crippen LogP contribution in [0.4, 0.5) is 22.0 Å². The van der Waals surface area contributed by atoms with E-state index in [2.05, 4.69) is 5.32 Å². The summed E-state index contributed by atoms with van der Waals surface area (Å²) in [6.45, 7) is 0. The van der Waals surface area contributed by atoms with Gasteiger partial charge in [-0.05, 0) is 55.5 Å². The summed E-state index contributed by atoms with van der Waals surface area (Å²) in [5.74, 6) is -3.57. The second-order valence-electron chi connectivity index (χ2n) is 9.04. The second-order valence-corrected chi connectivity index (χ2v) is 11.2. The van der Waals surface area contributed by atoms with Gasteiger partial charge in [0.15, 0.2) is 9.84 Å². The monoisotopic (exact) mass is 528 g/mol.